The Bertz CT molecular complexity index is 186. The van der Waals surface area contributed by atoms with Gasteiger partial charge in [-0.25, -0.2) is 0 Å². The standard InChI is InChI=1S/C10H19F3N2/c1-2-9(3-5-14-7-9)8-15-6-4-10(11,12)13/h14-15H,2-8H2,1H3. The Balaban J connectivity index is 2.18. The summed E-state index contributed by atoms with van der Waals surface area (Å²) in [4.78, 5) is 0. The summed E-state index contributed by atoms with van der Waals surface area (Å²) in [6.45, 7) is 4.72. The molecule has 1 aliphatic rings. The molecule has 0 radical (unpaired) electrons. The van der Waals surface area contributed by atoms with Crippen LogP contribution in [-0.2, 0) is 0 Å². The topological polar surface area (TPSA) is 24.1 Å². The Kier molecular flexibility index (Phi) is 4.40. The summed E-state index contributed by atoms with van der Waals surface area (Å²) in [5, 5.41) is 6.17. The van der Waals surface area contributed by atoms with Crippen LogP contribution >= 0.6 is 0 Å². The summed E-state index contributed by atoms with van der Waals surface area (Å²) in [5.74, 6) is 0. The molecule has 0 saturated carbocycles. The van der Waals surface area contributed by atoms with E-state index in [2.05, 4.69) is 17.6 Å². The van der Waals surface area contributed by atoms with Crippen LogP contribution in [0.3, 0.4) is 0 Å². The maximum absolute atomic E-state index is 11.9. The molecule has 1 saturated heterocycles. The molecule has 0 amide bonds. The predicted octanol–water partition coefficient (Wildman–Crippen LogP) is 1.92. The van der Waals surface area contributed by atoms with Gasteiger partial charge in [0.25, 0.3) is 0 Å². The zero-order valence-electron chi connectivity index (χ0n) is 9.08. The van der Waals surface area contributed by atoms with Crippen molar-refractivity contribution >= 4 is 0 Å². The van der Waals surface area contributed by atoms with E-state index in [1.807, 2.05) is 0 Å². The molecule has 90 valence electrons. The van der Waals surface area contributed by atoms with Crippen molar-refractivity contribution in [1.29, 1.82) is 0 Å². The Morgan fingerprint density at radius 2 is 2.13 bits per heavy atom. The number of hydrogen-bond donors (Lipinski definition) is 2. The van der Waals surface area contributed by atoms with Crippen molar-refractivity contribution in [1.82, 2.24) is 10.6 Å². The minimum Gasteiger partial charge on any atom is -0.316 e. The molecule has 0 aliphatic carbocycles. The van der Waals surface area contributed by atoms with Crippen LogP contribution in [-0.4, -0.2) is 32.4 Å². The van der Waals surface area contributed by atoms with E-state index in [1.54, 1.807) is 0 Å². The highest BCUT2D eigenvalue weighted by molar-refractivity contribution is 4.88. The lowest BCUT2D eigenvalue weighted by Gasteiger charge is -2.27. The van der Waals surface area contributed by atoms with Crippen molar-refractivity contribution in [2.45, 2.75) is 32.4 Å². The first-order valence-corrected chi connectivity index (χ1v) is 5.46. The van der Waals surface area contributed by atoms with Gasteiger partial charge >= 0.3 is 6.18 Å². The SMILES string of the molecule is CCC1(CNCCC(F)(F)F)CCNC1. The van der Waals surface area contributed by atoms with Crippen LogP contribution in [0, 0.1) is 5.41 Å². The molecule has 0 bridgehead atoms. The van der Waals surface area contributed by atoms with Crippen molar-refractivity contribution in [3.8, 4) is 0 Å². The Labute approximate surface area is 88.6 Å². The van der Waals surface area contributed by atoms with Gasteiger partial charge < -0.3 is 10.6 Å². The lowest BCUT2D eigenvalue weighted by Crippen LogP contribution is -2.37. The molecule has 0 aromatic heterocycles. The third-order valence-corrected chi connectivity index (χ3v) is 3.17. The van der Waals surface area contributed by atoms with E-state index in [9.17, 15) is 13.2 Å². The van der Waals surface area contributed by atoms with Crippen LogP contribution in [0.15, 0.2) is 0 Å². The molecule has 1 aliphatic heterocycles. The fourth-order valence-electron chi connectivity index (χ4n) is 1.96. The quantitative estimate of drug-likeness (QED) is 0.697. The second kappa shape index (κ2) is 5.16. The third-order valence-electron chi connectivity index (χ3n) is 3.17. The van der Waals surface area contributed by atoms with Crippen LogP contribution < -0.4 is 10.6 Å². The van der Waals surface area contributed by atoms with Gasteiger partial charge in [0.1, 0.15) is 0 Å². The van der Waals surface area contributed by atoms with Gasteiger partial charge in [0.05, 0.1) is 6.42 Å². The van der Waals surface area contributed by atoms with Gasteiger partial charge in [0.15, 0.2) is 0 Å². The van der Waals surface area contributed by atoms with E-state index in [1.165, 1.54) is 0 Å². The highest BCUT2D eigenvalue weighted by Crippen LogP contribution is 2.28. The fraction of sp³-hybridized carbons (Fsp3) is 1.00. The molecule has 1 atom stereocenters. The van der Waals surface area contributed by atoms with E-state index in [0.717, 1.165) is 25.9 Å². The molecule has 1 heterocycles. The molecule has 0 aromatic carbocycles. The van der Waals surface area contributed by atoms with Crippen LogP contribution in [0.25, 0.3) is 0 Å². The van der Waals surface area contributed by atoms with E-state index < -0.39 is 12.6 Å². The molecule has 2 nitrogen and oxygen atoms in total. The van der Waals surface area contributed by atoms with Crippen molar-refractivity contribution in [2.24, 2.45) is 5.41 Å². The smallest absolute Gasteiger partial charge is 0.316 e. The molecule has 5 heteroatoms. The molecule has 0 spiro atoms. The van der Waals surface area contributed by atoms with E-state index in [-0.39, 0.29) is 12.0 Å². The molecule has 1 fully saturated rings. The first-order valence-electron chi connectivity index (χ1n) is 5.46. The molecular weight excluding hydrogens is 205 g/mol. The first-order chi connectivity index (χ1) is 6.97. The maximum atomic E-state index is 11.9. The zero-order valence-corrected chi connectivity index (χ0v) is 9.08. The molecule has 15 heavy (non-hydrogen) atoms. The van der Waals surface area contributed by atoms with Gasteiger partial charge in [0, 0.05) is 19.6 Å². The average Bonchev–Trinajstić information content (AvgIpc) is 2.60. The van der Waals surface area contributed by atoms with Crippen LogP contribution in [0.5, 0.6) is 0 Å². The zero-order chi connectivity index (χ0) is 11.4. The van der Waals surface area contributed by atoms with Crippen LogP contribution in [0.2, 0.25) is 0 Å². The van der Waals surface area contributed by atoms with Crippen molar-refractivity contribution < 1.29 is 13.2 Å². The summed E-state index contributed by atoms with van der Waals surface area (Å²) in [7, 11) is 0. The minimum absolute atomic E-state index is 0.0330. The fourth-order valence-corrected chi connectivity index (χ4v) is 1.96. The summed E-state index contributed by atoms with van der Waals surface area (Å²) >= 11 is 0. The minimum atomic E-state index is -4.04. The van der Waals surface area contributed by atoms with Gasteiger partial charge in [-0.05, 0) is 24.8 Å². The average molecular weight is 224 g/mol. The summed E-state index contributed by atoms with van der Waals surface area (Å²) in [5.41, 5.74) is 0.172. The lowest BCUT2D eigenvalue weighted by molar-refractivity contribution is -0.133. The number of nitrogens with one attached hydrogen (secondary N) is 2. The van der Waals surface area contributed by atoms with Gasteiger partial charge in [0.2, 0.25) is 0 Å². The Hall–Kier alpha value is -0.290. The van der Waals surface area contributed by atoms with Crippen molar-refractivity contribution in [2.75, 3.05) is 26.2 Å². The number of hydrogen-bond acceptors (Lipinski definition) is 2. The van der Waals surface area contributed by atoms with Crippen LogP contribution in [0.4, 0.5) is 13.2 Å². The monoisotopic (exact) mass is 224 g/mol. The molecule has 2 N–H and O–H groups in total. The largest absolute Gasteiger partial charge is 0.390 e. The van der Waals surface area contributed by atoms with Gasteiger partial charge in [-0.2, -0.15) is 13.2 Å². The first kappa shape index (κ1) is 12.8. The van der Waals surface area contributed by atoms with Gasteiger partial charge in [-0.3, -0.25) is 0 Å². The Morgan fingerprint density at radius 3 is 2.60 bits per heavy atom. The second-order valence-electron chi connectivity index (χ2n) is 4.32. The molecule has 0 aromatic rings. The van der Waals surface area contributed by atoms with E-state index in [0.29, 0.717) is 6.54 Å². The van der Waals surface area contributed by atoms with E-state index in [4.69, 9.17) is 0 Å². The van der Waals surface area contributed by atoms with Crippen LogP contribution in [0.1, 0.15) is 26.2 Å². The molecule has 1 rings (SSSR count). The van der Waals surface area contributed by atoms with E-state index >= 15 is 0 Å². The highest BCUT2D eigenvalue weighted by atomic mass is 19.4. The lowest BCUT2D eigenvalue weighted by atomic mass is 9.84. The second-order valence-corrected chi connectivity index (χ2v) is 4.32. The number of alkyl halides is 3. The third kappa shape index (κ3) is 4.38. The highest BCUT2D eigenvalue weighted by Gasteiger charge is 2.32. The van der Waals surface area contributed by atoms with Crippen molar-refractivity contribution in [3.63, 3.8) is 0 Å². The summed E-state index contributed by atoms with van der Waals surface area (Å²) in [6, 6.07) is 0. The number of rotatable bonds is 5. The molecular formula is C10H19F3N2. The summed E-state index contributed by atoms with van der Waals surface area (Å²) in [6.07, 6.45) is -2.71. The Morgan fingerprint density at radius 1 is 1.40 bits per heavy atom. The number of halogens is 3. The normalized spacial score (nSPS) is 27.2. The van der Waals surface area contributed by atoms with Gasteiger partial charge in [-0.1, -0.05) is 6.92 Å². The van der Waals surface area contributed by atoms with Gasteiger partial charge in [-0.15, -0.1) is 0 Å². The molecule has 1 unspecified atom stereocenters. The van der Waals surface area contributed by atoms with Crippen molar-refractivity contribution in [3.05, 3.63) is 0 Å². The predicted molar refractivity (Wildman–Crippen MR) is 53.8 cm³/mol. The maximum Gasteiger partial charge on any atom is 0.390 e. The summed E-state index contributed by atoms with van der Waals surface area (Å²) < 4.78 is 35.6.